The van der Waals surface area contributed by atoms with Gasteiger partial charge in [0.05, 0.1) is 0 Å². The fourth-order valence-corrected chi connectivity index (χ4v) is 6.53. The normalized spacial score (nSPS) is 20.8. The van der Waals surface area contributed by atoms with Gasteiger partial charge in [0.1, 0.15) is 0 Å². The maximum Gasteiger partial charge on any atom is 1.00 e. The zero-order valence-corrected chi connectivity index (χ0v) is 19.5. The first-order valence-electron chi connectivity index (χ1n) is 9.92. The maximum atomic E-state index is 6.81. The average molecular weight is 406 g/mol. The number of hydrogen-bond donors (Lipinski definition) is 0. The Kier molecular flexibility index (Phi) is 6.48. The molecule has 2 heterocycles. The van der Waals surface area contributed by atoms with Gasteiger partial charge in [-0.25, -0.2) is 0 Å². The van der Waals surface area contributed by atoms with Gasteiger partial charge < -0.3 is 9.31 Å². The Morgan fingerprint density at radius 2 is 1.39 bits per heavy atom. The van der Waals surface area contributed by atoms with Crippen molar-refractivity contribution >= 4 is 35.5 Å². The van der Waals surface area contributed by atoms with Gasteiger partial charge in [-0.15, -0.1) is 11.8 Å². The summed E-state index contributed by atoms with van der Waals surface area (Å²) < 4.78 is 13.6. The van der Waals surface area contributed by atoms with Crippen LogP contribution in [-0.4, -0.2) is 17.8 Å². The standard InChI is InChI=1S/C22H28BO2S2.Li/c1-6-7-15-23(24-21(2,3)22(4,5)25-23)16-11-10-14-19-20(16)27-18-13-9-8-12-17(18)26-19;/h8-14H,6-7,15H2,1-5H3;/q-1;+1. The topological polar surface area (TPSA) is 18.5 Å². The fraction of sp³-hybridized carbons (Fsp3) is 0.455. The molecule has 2 nitrogen and oxygen atoms in total. The van der Waals surface area contributed by atoms with Gasteiger partial charge in [0, 0.05) is 25.9 Å². The van der Waals surface area contributed by atoms with Crippen molar-refractivity contribution in [1.29, 1.82) is 0 Å². The molecule has 0 N–H and O–H groups in total. The zero-order valence-electron chi connectivity index (χ0n) is 17.9. The SMILES string of the molecule is CCCC[B-]1(c2cccc3c2Sc2ccccc2S3)OC(C)(C)C(C)(C)O1.[Li+]. The second-order valence-corrected chi connectivity index (χ2v) is 10.7. The number of fused-ring (bicyclic) bond motifs is 2. The Labute approximate surface area is 190 Å². The van der Waals surface area contributed by atoms with E-state index < -0.39 is 6.55 Å². The molecule has 2 aromatic carbocycles. The Hall–Kier alpha value is -0.278. The van der Waals surface area contributed by atoms with Crippen molar-refractivity contribution in [2.45, 2.75) is 84.6 Å². The summed E-state index contributed by atoms with van der Waals surface area (Å²) in [5, 5.41) is 0. The van der Waals surface area contributed by atoms with E-state index in [1.807, 2.05) is 23.5 Å². The minimum absolute atomic E-state index is 0. The van der Waals surface area contributed by atoms with Gasteiger partial charge in [-0.05, 0) is 50.8 Å². The predicted molar refractivity (Wildman–Crippen MR) is 117 cm³/mol. The van der Waals surface area contributed by atoms with E-state index in [0.717, 1.165) is 19.2 Å². The first kappa shape index (κ1) is 22.4. The zero-order chi connectivity index (χ0) is 19.3. The van der Waals surface area contributed by atoms with Crippen molar-refractivity contribution in [3.05, 3.63) is 42.5 Å². The van der Waals surface area contributed by atoms with Crippen LogP contribution >= 0.6 is 23.5 Å². The molecule has 0 saturated carbocycles. The van der Waals surface area contributed by atoms with Gasteiger partial charge in [-0.2, -0.15) is 0 Å². The molecule has 0 spiro atoms. The third-order valence-corrected chi connectivity index (χ3v) is 8.75. The molecule has 0 amide bonds. The molecule has 2 aliphatic rings. The van der Waals surface area contributed by atoms with E-state index in [-0.39, 0.29) is 30.1 Å². The molecule has 0 atom stereocenters. The van der Waals surface area contributed by atoms with Crippen molar-refractivity contribution in [3.63, 3.8) is 0 Å². The maximum absolute atomic E-state index is 6.81. The Morgan fingerprint density at radius 1 is 0.821 bits per heavy atom. The monoisotopic (exact) mass is 406 g/mol. The minimum Gasteiger partial charge on any atom is -0.558 e. The number of hydrogen-bond acceptors (Lipinski definition) is 4. The third-order valence-electron chi connectivity index (χ3n) is 6.12. The summed E-state index contributed by atoms with van der Waals surface area (Å²) in [4.78, 5) is 5.27. The molecule has 0 aromatic heterocycles. The number of rotatable bonds is 4. The van der Waals surface area contributed by atoms with Gasteiger partial charge >= 0.3 is 18.9 Å². The summed E-state index contributed by atoms with van der Waals surface area (Å²) in [6.07, 6.45) is 3.17. The Morgan fingerprint density at radius 3 is 2.00 bits per heavy atom. The van der Waals surface area contributed by atoms with Crippen LogP contribution in [0.3, 0.4) is 0 Å². The van der Waals surface area contributed by atoms with Gasteiger partial charge in [-0.1, -0.05) is 67.6 Å². The van der Waals surface area contributed by atoms with Crippen LogP contribution in [0.2, 0.25) is 6.32 Å². The van der Waals surface area contributed by atoms with Crippen LogP contribution in [0, 0.1) is 0 Å². The van der Waals surface area contributed by atoms with Crippen molar-refractivity contribution in [3.8, 4) is 0 Å². The van der Waals surface area contributed by atoms with Gasteiger partial charge in [-0.3, -0.25) is 0 Å². The molecule has 1 saturated heterocycles. The molecule has 6 heteroatoms. The molecule has 2 aromatic rings. The van der Waals surface area contributed by atoms with E-state index in [2.05, 4.69) is 77.1 Å². The smallest absolute Gasteiger partial charge is 0.558 e. The molecule has 28 heavy (non-hydrogen) atoms. The van der Waals surface area contributed by atoms with Crippen molar-refractivity contribution < 1.29 is 28.2 Å². The number of benzene rings is 2. The molecular weight excluding hydrogens is 378 g/mol. The van der Waals surface area contributed by atoms with Gasteiger partial charge in [0.15, 0.2) is 0 Å². The first-order valence-corrected chi connectivity index (χ1v) is 11.6. The summed E-state index contributed by atoms with van der Waals surface area (Å²) in [5.41, 5.74) is 0.591. The third kappa shape index (κ3) is 3.75. The Bertz CT molecular complexity index is 853. The van der Waals surface area contributed by atoms with Crippen LogP contribution in [0.1, 0.15) is 47.5 Å². The molecular formula is C22H28BLiO2S2. The van der Waals surface area contributed by atoms with E-state index in [4.69, 9.17) is 9.31 Å². The largest absolute Gasteiger partial charge is 1.00 e. The molecule has 0 radical (unpaired) electrons. The summed E-state index contributed by atoms with van der Waals surface area (Å²) in [6.45, 7) is 9.36. The van der Waals surface area contributed by atoms with Crippen molar-refractivity contribution in [2.75, 3.05) is 0 Å². The molecule has 4 rings (SSSR count). The molecule has 144 valence electrons. The summed E-state index contributed by atoms with van der Waals surface area (Å²) >= 11 is 3.72. The summed E-state index contributed by atoms with van der Waals surface area (Å²) in [5.74, 6) is 0. The molecule has 0 bridgehead atoms. The fourth-order valence-electron chi connectivity index (χ4n) is 4.05. The Balaban J connectivity index is 0.00000225. The van der Waals surface area contributed by atoms with Crippen molar-refractivity contribution in [1.82, 2.24) is 0 Å². The van der Waals surface area contributed by atoms with Crippen LogP contribution in [0.25, 0.3) is 0 Å². The number of unbranched alkanes of at least 4 members (excludes halogenated alkanes) is 1. The first-order chi connectivity index (χ1) is 12.8. The van der Waals surface area contributed by atoms with Crippen LogP contribution in [0.15, 0.2) is 62.0 Å². The van der Waals surface area contributed by atoms with Crippen LogP contribution in [-0.2, 0) is 9.31 Å². The van der Waals surface area contributed by atoms with Crippen LogP contribution in [0.5, 0.6) is 0 Å². The molecule has 1 fully saturated rings. The van der Waals surface area contributed by atoms with E-state index in [0.29, 0.717) is 0 Å². The predicted octanol–water partition coefficient (Wildman–Crippen LogP) is 3.36. The van der Waals surface area contributed by atoms with Gasteiger partial charge in [0.25, 0.3) is 6.55 Å². The van der Waals surface area contributed by atoms with Crippen LogP contribution in [0.4, 0.5) is 0 Å². The molecule has 2 aliphatic heterocycles. The average Bonchev–Trinajstić information content (AvgIpc) is 2.82. The quantitative estimate of drug-likeness (QED) is 0.619. The minimum atomic E-state index is -1.52. The van der Waals surface area contributed by atoms with E-state index in [9.17, 15) is 0 Å². The van der Waals surface area contributed by atoms with Gasteiger partial charge in [0.2, 0.25) is 0 Å². The second-order valence-electron chi connectivity index (χ2n) is 8.59. The van der Waals surface area contributed by atoms with E-state index in [1.165, 1.54) is 25.0 Å². The van der Waals surface area contributed by atoms with E-state index in [1.54, 1.807) is 0 Å². The van der Waals surface area contributed by atoms with Crippen LogP contribution < -0.4 is 24.3 Å². The summed E-state index contributed by atoms with van der Waals surface area (Å²) in [6, 6.07) is 15.3. The molecule has 0 aliphatic carbocycles. The summed E-state index contributed by atoms with van der Waals surface area (Å²) in [7, 11) is 0. The second kappa shape index (κ2) is 8.10. The molecule has 0 unspecified atom stereocenters. The van der Waals surface area contributed by atoms with Crippen molar-refractivity contribution in [2.24, 2.45) is 0 Å². The van der Waals surface area contributed by atoms with E-state index >= 15 is 0 Å².